The van der Waals surface area contributed by atoms with Gasteiger partial charge in [-0.05, 0) is 36.4 Å². The molecule has 10 heteroatoms. The number of alkyl halides is 3. The van der Waals surface area contributed by atoms with E-state index < -0.39 is 17.6 Å². The number of hydrogen-bond donors (Lipinski definition) is 2. The second-order valence-electron chi connectivity index (χ2n) is 7.77. The number of rotatable bonds is 8. The van der Waals surface area contributed by atoms with Crippen LogP contribution in [0.2, 0.25) is 0 Å². The Bertz CT molecular complexity index is 960. The Morgan fingerprint density at radius 1 is 0.939 bits per heavy atom. The Morgan fingerprint density at radius 2 is 1.58 bits per heavy atom. The van der Waals surface area contributed by atoms with Crippen molar-refractivity contribution < 1.29 is 27.5 Å². The molecule has 1 heterocycles. The van der Waals surface area contributed by atoms with Crippen molar-refractivity contribution in [3.8, 4) is 0 Å². The number of halogens is 3. The lowest BCUT2D eigenvalue weighted by atomic mass is 10.1. The van der Waals surface area contributed by atoms with E-state index in [0.717, 1.165) is 44.9 Å². The average Bonchev–Trinajstić information content (AvgIpc) is 2.78. The molecule has 0 unspecified atom stereocenters. The minimum atomic E-state index is -4.50. The highest BCUT2D eigenvalue weighted by Crippen LogP contribution is 2.30. The van der Waals surface area contributed by atoms with Gasteiger partial charge in [-0.3, -0.25) is 19.4 Å². The van der Waals surface area contributed by atoms with E-state index in [1.54, 1.807) is 19.2 Å². The number of carbonyl (C=O) groups is 2. The molecule has 1 saturated heterocycles. The molecular weight excluding hydrogens is 437 g/mol. The quantitative estimate of drug-likeness (QED) is 0.628. The Hall–Kier alpha value is -2.95. The SMILES string of the molecule is COCCN1CCN(CC(=O)Nc2cccc(C(=O)Nc3cccc(C(F)(F)F)c3)c2)CC1. The first kappa shape index (κ1) is 24.7. The molecule has 3 rings (SSSR count). The highest BCUT2D eigenvalue weighted by molar-refractivity contribution is 6.05. The van der Waals surface area contributed by atoms with Crippen molar-refractivity contribution >= 4 is 23.2 Å². The van der Waals surface area contributed by atoms with E-state index in [1.165, 1.54) is 24.3 Å². The van der Waals surface area contributed by atoms with Crippen LogP contribution in [-0.2, 0) is 15.7 Å². The van der Waals surface area contributed by atoms with Crippen molar-refractivity contribution in [1.82, 2.24) is 9.80 Å². The molecular formula is C23H27F3N4O3. The third-order valence-corrected chi connectivity index (χ3v) is 5.30. The molecule has 178 valence electrons. The summed E-state index contributed by atoms with van der Waals surface area (Å²) in [6, 6.07) is 10.7. The predicted octanol–water partition coefficient (Wildman–Crippen LogP) is 3.16. The van der Waals surface area contributed by atoms with Crippen LogP contribution in [0.5, 0.6) is 0 Å². The summed E-state index contributed by atoms with van der Waals surface area (Å²) in [6.07, 6.45) is -4.50. The zero-order valence-corrected chi connectivity index (χ0v) is 18.3. The van der Waals surface area contributed by atoms with Crippen LogP contribution < -0.4 is 10.6 Å². The monoisotopic (exact) mass is 464 g/mol. The van der Waals surface area contributed by atoms with Crippen LogP contribution in [0.25, 0.3) is 0 Å². The average molecular weight is 464 g/mol. The van der Waals surface area contributed by atoms with Gasteiger partial charge in [-0.1, -0.05) is 12.1 Å². The van der Waals surface area contributed by atoms with Gasteiger partial charge in [0.2, 0.25) is 5.91 Å². The largest absolute Gasteiger partial charge is 0.416 e. The lowest BCUT2D eigenvalue weighted by molar-refractivity contribution is -0.137. The summed E-state index contributed by atoms with van der Waals surface area (Å²) < 4.78 is 43.7. The van der Waals surface area contributed by atoms with Crippen molar-refractivity contribution in [3.63, 3.8) is 0 Å². The Morgan fingerprint density at radius 3 is 2.24 bits per heavy atom. The van der Waals surface area contributed by atoms with Gasteiger partial charge in [0, 0.05) is 56.8 Å². The number of hydrogen-bond acceptors (Lipinski definition) is 5. The lowest BCUT2D eigenvalue weighted by Gasteiger charge is -2.34. The summed E-state index contributed by atoms with van der Waals surface area (Å²) in [5.74, 6) is -0.770. The fourth-order valence-electron chi connectivity index (χ4n) is 3.51. The maximum Gasteiger partial charge on any atom is 0.416 e. The van der Waals surface area contributed by atoms with Gasteiger partial charge in [0.05, 0.1) is 18.7 Å². The summed E-state index contributed by atoms with van der Waals surface area (Å²) in [7, 11) is 1.67. The maximum absolute atomic E-state index is 12.9. The van der Waals surface area contributed by atoms with Gasteiger partial charge in [-0.15, -0.1) is 0 Å². The molecule has 7 nitrogen and oxygen atoms in total. The van der Waals surface area contributed by atoms with E-state index in [2.05, 4.69) is 20.4 Å². The zero-order chi connectivity index (χ0) is 23.8. The van der Waals surface area contributed by atoms with E-state index >= 15 is 0 Å². The predicted molar refractivity (Wildman–Crippen MR) is 119 cm³/mol. The zero-order valence-electron chi connectivity index (χ0n) is 18.3. The summed E-state index contributed by atoms with van der Waals surface area (Å²) >= 11 is 0. The maximum atomic E-state index is 12.9. The summed E-state index contributed by atoms with van der Waals surface area (Å²) in [5, 5.41) is 5.24. The van der Waals surface area contributed by atoms with E-state index in [9.17, 15) is 22.8 Å². The molecule has 0 bridgehead atoms. The first-order valence-electron chi connectivity index (χ1n) is 10.6. The number of benzene rings is 2. The molecule has 0 aliphatic carbocycles. The number of ether oxygens (including phenoxy) is 1. The summed E-state index contributed by atoms with van der Waals surface area (Å²) in [6.45, 7) is 5.06. The Labute approximate surface area is 190 Å². The molecule has 1 aliphatic rings. The topological polar surface area (TPSA) is 73.9 Å². The van der Waals surface area contributed by atoms with Crippen molar-refractivity contribution in [2.75, 3.05) is 63.6 Å². The third kappa shape index (κ3) is 7.55. The molecule has 1 aliphatic heterocycles. The summed E-state index contributed by atoms with van der Waals surface area (Å²) in [4.78, 5) is 29.3. The van der Waals surface area contributed by atoms with Crippen LogP contribution in [-0.4, -0.2) is 74.6 Å². The number of amides is 2. The fourth-order valence-corrected chi connectivity index (χ4v) is 3.51. The molecule has 0 aromatic heterocycles. The lowest BCUT2D eigenvalue weighted by Crippen LogP contribution is -2.49. The van der Waals surface area contributed by atoms with E-state index in [1.807, 2.05) is 0 Å². The molecule has 2 N–H and O–H groups in total. The second-order valence-corrected chi connectivity index (χ2v) is 7.77. The molecule has 0 radical (unpaired) electrons. The standard InChI is InChI=1S/C23H27F3N4O3/c1-33-13-12-29-8-10-30(11-9-29)16-21(31)27-19-6-2-4-17(14-19)22(32)28-20-7-3-5-18(15-20)23(24,25)26/h2-7,14-15H,8-13,16H2,1H3,(H,27,31)(H,28,32). The first-order valence-corrected chi connectivity index (χ1v) is 10.6. The van der Waals surface area contributed by atoms with Gasteiger partial charge in [-0.2, -0.15) is 13.2 Å². The minimum Gasteiger partial charge on any atom is -0.383 e. The van der Waals surface area contributed by atoms with Gasteiger partial charge < -0.3 is 15.4 Å². The van der Waals surface area contributed by atoms with Gasteiger partial charge in [-0.25, -0.2) is 0 Å². The number of piperazine rings is 1. The van der Waals surface area contributed by atoms with Crippen LogP contribution in [0, 0.1) is 0 Å². The number of nitrogens with one attached hydrogen (secondary N) is 2. The number of nitrogens with zero attached hydrogens (tertiary/aromatic N) is 2. The molecule has 1 fully saturated rings. The van der Waals surface area contributed by atoms with Gasteiger partial charge in [0.25, 0.3) is 5.91 Å². The third-order valence-electron chi connectivity index (χ3n) is 5.30. The second kappa shape index (κ2) is 11.3. The number of methoxy groups -OCH3 is 1. The Balaban J connectivity index is 1.53. The van der Waals surface area contributed by atoms with Crippen LogP contribution in [0.15, 0.2) is 48.5 Å². The molecule has 33 heavy (non-hydrogen) atoms. The van der Waals surface area contributed by atoms with Gasteiger partial charge in [0.1, 0.15) is 0 Å². The molecule has 2 aromatic rings. The van der Waals surface area contributed by atoms with Crippen LogP contribution in [0.3, 0.4) is 0 Å². The van der Waals surface area contributed by atoms with Crippen LogP contribution in [0.1, 0.15) is 15.9 Å². The molecule has 0 spiro atoms. The molecule has 2 amide bonds. The van der Waals surface area contributed by atoms with E-state index in [-0.39, 0.29) is 23.7 Å². The van der Waals surface area contributed by atoms with Crippen molar-refractivity contribution in [2.45, 2.75) is 6.18 Å². The normalized spacial score (nSPS) is 15.3. The van der Waals surface area contributed by atoms with Crippen molar-refractivity contribution in [2.24, 2.45) is 0 Å². The van der Waals surface area contributed by atoms with E-state index in [0.29, 0.717) is 12.3 Å². The van der Waals surface area contributed by atoms with Gasteiger partial charge in [0.15, 0.2) is 0 Å². The highest BCUT2D eigenvalue weighted by Gasteiger charge is 2.30. The van der Waals surface area contributed by atoms with E-state index in [4.69, 9.17) is 4.74 Å². The van der Waals surface area contributed by atoms with Crippen molar-refractivity contribution in [1.29, 1.82) is 0 Å². The van der Waals surface area contributed by atoms with Crippen LogP contribution >= 0.6 is 0 Å². The number of anilines is 2. The van der Waals surface area contributed by atoms with Crippen molar-refractivity contribution in [3.05, 3.63) is 59.7 Å². The molecule has 2 aromatic carbocycles. The summed E-state index contributed by atoms with van der Waals surface area (Å²) in [5.41, 5.74) is -0.151. The minimum absolute atomic E-state index is 0.0360. The van der Waals surface area contributed by atoms with Crippen LogP contribution in [0.4, 0.5) is 24.5 Å². The Kier molecular flexibility index (Phi) is 8.43. The molecule has 0 atom stereocenters. The smallest absolute Gasteiger partial charge is 0.383 e. The van der Waals surface area contributed by atoms with Gasteiger partial charge >= 0.3 is 6.18 Å². The molecule has 0 saturated carbocycles. The first-order chi connectivity index (χ1) is 15.7. The fraction of sp³-hybridized carbons (Fsp3) is 0.391. The highest BCUT2D eigenvalue weighted by atomic mass is 19.4. The number of carbonyl (C=O) groups excluding carboxylic acids is 2.